The molecule has 2 aromatic rings. The van der Waals surface area contributed by atoms with Crippen molar-refractivity contribution < 1.29 is 19.2 Å². The average Bonchev–Trinajstić information content (AvgIpc) is 2.71. The molecule has 2 rings (SSSR count). The minimum atomic E-state index is -0.932. The van der Waals surface area contributed by atoms with Gasteiger partial charge in [0, 0.05) is 29.3 Å². The molecule has 0 heterocycles. The van der Waals surface area contributed by atoms with Crippen molar-refractivity contribution in [3.8, 4) is 5.75 Å². The van der Waals surface area contributed by atoms with Gasteiger partial charge in [0.05, 0.1) is 11.1 Å². The molecule has 9 nitrogen and oxygen atoms in total. The molecule has 0 aromatic heterocycles. The maximum atomic E-state index is 11.6. The van der Waals surface area contributed by atoms with Crippen LogP contribution in [0.4, 0.5) is 5.69 Å². The molecule has 0 bridgehead atoms. The molecule has 2 N–H and O–H groups in total. The maximum absolute atomic E-state index is 11.6. The first kappa shape index (κ1) is 21.6. The summed E-state index contributed by atoms with van der Waals surface area (Å²) in [6.07, 6.45) is 2.73. The molecule has 0 radical (unpaired) electrons. The Morgan fingerprint density at radius 2 is 1.93 bits per heavy atom. The van der Waals surface area contributed by atoms with E-state index in [0.29, 0.717) is 16.3 Å². The Bertz CT molecular complexity index is 944. The molecular weight excluding hydrogens is 400 g/mol. The number of carbonyl (C=O) groups is 2. The number of hydrazone groups is 1. The van der Waals surface area contributed by atoms with Gasteiger partial charge in [-0.25, -0.2) is 5.43 Å². The third-order valence-electron chi connectivity index (χ3n) is 3.50. The van der Waals surface area contributed by atoms with Crippen molar-refractivity contribution in [1.29, 1.82) is 0 Å². The molecule has 0 aliphatic heterocycles. The van der Waals surface area contributed by atoms with Crippen LogP contribution in [0.25, 0.3) is 0 Å². The molecule has 0 aliphatic rings. The van der Waals surface area contributed by atoms with Crippen molar-refractivity contribution in [2.45, 2.75) is 6.61 Å². The maximum Gasteiger partial charge on any atom is 0.329 e. The van der Waals surface area contributed by atoms with Crippen molar-refractivity contribution >= 4 is 35.3 Å². The van der Waals surface area contributed by atoms with Gasteiger partial charge in [0.2, 0.25) is 0 Å². The summed E-state index contributed by atoms with van der Waals surface area (Å²) in [6.45, 7) is 3.74. The number of halogens is 1. The smallest absolute Gasteiger partial charge is 0.329 e. The molecule has 10 heteroatoms. The van der Waals surface area contributed by atoms with Crippen LogP contribution in [0.15, 0.2) is 60.2 Å². The third-order valence-corrected chi connectivity index (χ3v) is 3.73. The number of hydrogen-bond acceptors (Lipinski definition) is 6. The van der Waals surface area contributed by atoms with E-state index in [0.717, 1.165) is 5.56 Å². The monoisotopic (exact) mass is 416 g/mol. The van der Waals surface area contributed by atoms with Crippen LogP contribution < -0.4 is 15.5 Å². The highest BCUT2D eigenvalue weighted by molar-refractivity contribution is 6.35. The topological polar surface area (TPSA) is 123 Å². The number of ether oxygens (including phenoxy) is 1. The van der Waals surface area contributed by atoms with Crippen LogP contribution in [0.3, 0.4) is 0 Å². The zero-order valence-corrected chi connectivity index (χ0v) is 15.9. The van der Waals surface area contributed by atoms with Gasteiger partial charge in [-0.05, 0) is 35.9 Å². The first-order valence-electron chi connectivity index (χ1n) is 8.28. The van der Waals surface area contributed by atoms with Crippen molar-refractivity contribution in [1.82, 2.24) is 10.7 Å². The lowest BCUT2D eigenvalue weighted by Crippen LogP contribution is -2.37. The lowest BCUT2D eigenvalue weighted by atomic mass is 10.2. The van der Waals surface area contributed by atoms with Gasteiger partial charge < -0.3 is 10.1 Å². The van der Waals surface area contributed by atoms with E-state index in [2.05, 4.69) is 22.4 Å². The van der Waals surface area contributed by atoms with Crippen LogP contribution in [-0.2, 0) is 16.2 Å². The molecule has 0 unspecified atom stereocenters. The van der Waals surface area contributed by atoms with Crippen LogP contribution in [0.5, 0.6) is 5.75 Å². The summed E-state index contributed by atoms with van der Waals surface area (Å²) in [7, 11) is 0. The number of hydrogen-bond donors (Lipinski definition) is 2. The fourth-order valence-corrected chi connectivity index (χ4v) is 2.26. The van der Waals surface area contributed by atoms with Crippen LogP contribution >= 0.6 is 11.6 Å². The number of benzene rings is 2. The summed E-state index contributed by atoms with van der Waals surface area (Å²) < 4.78 is 5.71. The molecule has 2 amide bonds. The Labute approximate surface area is 171 Å². The van der Waals surface area contributed by atoms with E-state index in [9.17, 15) is 19.7 Å². The van der Waals surface area contributed by atoms with Crippen molar-refractivity contribution in [2.75, 3.05) is 6.54 Å². The van der Waals surface area contributed by atoms with Crippen LogP contribution in [0, 0.1) is 10.1 Å². The number of nitro groups is 1. The lowest BCUT2D eigenvalue weighted by Gasteiger charge is -2.09. The number of nitro benzene ring substituents is 1. The zero-order chi connectivity index (χ0) is 21.2. The van der Waals surface area contributed by atoms with Crippen LogP contribution in [0.2, 0.25) is 5.02 Å². The first-order valence-corrected chi connectivity index (χ1v) is 8.66. The standard InChI is InChI=1S/C19H17ClN4O5/c1-2-9-21-18(25)19(26)23-22-11-14-10-15(20)5-8-17(14)29-12-13-3-6-16(7-4-13)24(27)28/h2-8,10-11H,1,9,12H2,(H,21,25)(H,23,26)/b22-11-. The van der Waals surface area contributed by atoms with E-state index >= 15 is 0 Å². The van der Waals surface area contributed by atoms with Gasteiger partial charge in [-0.1, -0.05) is 17.7 Å². The third kappa shape index (κ3) is 6.74. The molecule has 150 valence electrons. The zero-order valence-electron chi connectivity index (χ0n) is 15.1. The van der Waals surface area contributed by atoms with Gasteiger partial charge in [0.25, 0.3) is 5.69 Å². The van der Waals surface area contributed by atoms with Gasteiger partial charge in [-0.15, -0.1) is 6.58 Å². The number of nitrogens with one attached hydrogen (secondary N) is 2. The molecule has 0 spiro atoms. The first-order chi connectivity index (χ1) is 13.9. The quantitative estimate of drug-likeness (QED) is 0.225. The van der Waals surface area contributed by atoms with Gasteiger partial charge in [-0.2, -0.15) is 5.10 Å². The van der Waals surface area contributed by atoms with E-state index in [1.165, 1.54) is 24.4 Å². The normalized spacial score (nSPS) is 10.4. The van der Waals surface area contributed by atoms with E-state index in [4.69, 9.17) is 16.3 Å². The van der Waals surface area contributed by atoms with Gasteiger partial charge >= 0.3 is 11.8 Å². The Kier molecular flexibility index (Phi) is 7.87. The number of nitrogens with zero attached hydrogens (tertiary/aromatic N) is 2. The van der Waals surface area contributed by atoms with Crippen molar-refractivity contribution in [3.05, 3.63) is 81.4 Å². The van der Waals surface area contributed by atoms with Crippen LogP contribution in [0.1, 0.15) is 11.1 Å². The fourth-order valence-electron chi connectivity index (χ4n) is 2.08. The van der Waals surface area contributed by atoms with Crippen molar-refractivity contribution in [3.63, 3.8) is 0 Å². The Morgan fingerprint density at radius 3 is 2.59 bits per heavy atom. The molecule has 29 heavy (non-hydrogen) atoms. The van der Waals surface area contributed by atoms with Crippen molar-refractivity contribution in [2.24, 2.45) is 5.10 Å². The number of carbonyl (C=O) groups excluding carboxylic acids is 2. The molecular formula is C19H17ClN4O5. The molecule has 2 aromatic carbocycles. The Hall–Kier alpha value is -3.72. The number of amides is 2. The summed E-state index contributed by atoms with van der Waals surface area (Å²) in [4.78, 5) is 33.3. The second kappa shape index (κ2) is 10.6. The van der Waals surface area contributed by atoms with E-state index < -0.39 is 16.7 Å². The van der Waals surface area contributed by atoms with Crippen LogP contribution in [-0.4, -0.2) is 29.5 Å². The average molecular weight is 417 g/mol. The number of non-ortho nitro benzene ring substituents is 1. The second-order valence-electron chi connectivity index (χ2n) is 5.59. The minimum Gasteiger partial charge on any atom is -0.488 e. The SMILES string of the molecule is C=CCNC(=O)C(=O)N/N=C\c1cc(Cl)ccc1OCc1ccc([N+](=O)[O-])cc1. The highest BCUT2D eigenvalue weighted by atomic mass is 35.5. The predicted molar refractivity (Wildman–Crippen MR) is 108 cm³/mol. The summed E-state index contributed by atoms with van der Waals surface area (Å²) in [5.74, 6) is -1.36. The van der Waals surface area contributed by atoms with Gasteiger partial charge in [0.15, 0.2) is 0 Å². The number of rotatable bonds is 8. The Balaban J connectivity index is 2.03. The van der Waals surface area contributed by atoms with E-state index in [1.54, 1.807) is 30.3 Å². The lowest BCUT2D eigenvalue weighted by molar-refractivity contribution is -0.384. The summed E-state index contributed by atoms with van der Waals surface area (Å²) in [6, 6.07) is 10.7. The van der Waals surface area contributed by atoms with E-state index in [1.807, 2.05) is 0 Å². The molecule has 0 atom stereocenters. The summed E-state index contributed by atoms with van der Waals surface area (Å²) in [5.41, 5.74) is 3.27. The van der Waals surface area contributed by atoms with Gasteiger partial charge in [-0.3, -0.25) is 19.7 Å². The Morgan fingerprint density at radius 1 is 1.21 bits per heavy atom. The summed E-state index contributed by atoms with van der Waals surface area (Å²) in [5, 5.41) is 17.2. The minimum absolute atomic E-state index is 0.0130. The molecule has 0 aliphatic carbocycles. The van der Waals surface area contributed by atoms with Gasteiger partial charge in [0.1, 0.15) is 12.4 Å². The highest BCUT2D eigenvalue weighted by Gasteiger charge is 2.11. The summed E-state index contributed by atoms with van der Waals surface area (Å²) >= 11 is 5.99. The largest absolute Gasteiger partial charge is 0.488 e. The molecule has 0 fully saturated rings. The fraction of sp³-hybridized carbons (Fsp3) is 0.105. The molecule has 0 saturated heterocycles. The van der Waals surface area contributed by atoms with E-state index in [-0.39, 0.29) is 18.8 Å². The molecule has 0 saturated carbocycles. The second-order valence-corrected chi connectivity index (χ2v) is 6.03. The predicted octanol–water partition coefficient (Wildman–Crippen LogP) is 2.58. The highest BCUT2D eigenvalue weighted by Crippen LogP contribution is 2.23.